The van der Waals surface area contributed by atoms with E-state index in [1.54, 1.807) is 36.4 Å². The van der Waals surface area contributed by atoms with Gasteiger partial charge in [-0.05, 0) is 90.5 Å². The fraction of sp³-hybridized carbons (Fsp3) is 0. The fourth-order valence-electron chi connectivity index (χ4n) is 3.46. The molecule has 0 saturated heterocycles. The predicted molar refractivity (Wildman–Crippen MR) is 160 cm³/mol. The van der Waals surface area contributed by atoms with Crippen molar-refractivity contribution in [3.63, 3.8) is 0 Å². The zero-order valence-electron chi connectivity index (χ0n) is 21.5. The molecule has 4 aromatic rings. The van der Waals surface area contributed by atoms with E-state index in [4.69, 9.17) is 27.9 Å². The lowest BCUT2D eigenvalue weighted by Gasteiger charge is -2.07. The third-order valence-corrected chi connectivity index (χ3v) is 6.07. The number of nitrogens with zero attached hydrogens (tertiary/aromatic N) is 2. The van der Waals surface area contributed by atoms with Crippen molar-refractivity contribution < 1.29 is 24.0 Å². The van der Waals surface area contributed by atoms with Gasteiger partial charge in [0, 0.05) is 50.6 Å². The lowest BCUT2D eigenvalue weighted by Crippen LogP contribution is -2.18. The van der Waals surface area contributed by atoms with Crippen molar-refractivity contribution in [1.82, 2.24) is 5.43 Å². The van der Waals surface area contributed by atoms with Gasteiger partial charge in [-0.15, -0.1) is 0 Å². The number of esters is 1. The molecule has 0 aromatic heterocycles. The first-order chi connectivity index (χ1) is 20.2. The van der Waals surface area contributed by atoms with Crippen LogP contribution in [0.15, 0.2) is 102 Å². The first-order valence-corrected chi connectivity index (χ1v) is 12.9. The number of benzene rings is 4. The van der Waals surface area contributed by atoms with Crippen molar-refractivity contribution in [2.45, 2.75) is 0 Å². The molecule has 2 N–H and O–H groups in total. The van der Waals surface area contributed by atoms with E-state index in [1.165, 1.54) is 73.0 Å². The molecular weight excluding hydrogens is 583 g/mol. The monoisotopic (exact) mass is 602 g/mol. The Hall–Kier alpha value is -5.32. The minimum Gasteiger partial charge on any atom is -0.423 e. The van der Waals surface area contributed by atoms with Crippen LogP contribution >= 0.6 is 23.2 Å². The van der Waals surface area contributed by atoms with Crippen LogP contribution in [-0.4, -0.2) is 28.9 Å². The smallest absolute Gasteiger partial charge is 0.336 e. The van der Waals surface area contributed by atoms with E-state index in [0.717, 1.165) is 0 Å². The number of hydrogen-bond acceptors (Lipinski definition) is 7. The summed E-state index contributed by atoms with van der Waals surface area (Å²) in [6, 6.07) is 22.7. The molecule has 4 rings (SSSR count). The van der Waals surface area contributed by atoms with Crippen LogP contribution < -0.4 is 15.5 Å². The molecule has 0 bridgehead atoms. The van der Waals surface area contributed by atoms with E-state index in [2.05, 4.69) is 15.8 Å². The number of hydrazone groups is 1. The molecule has 0 atom stereocenters. The number of carbonyl (C=O) groups excluding carboxylic acids is 3. The van der Waals surface area contributed by atoms with Crippen molar-refractivity contribution in [2.24, 2.45) is 5.10 Å². The van der Waals surface area contributed by atoms with Gasteiger partial charge in [0.05, 0.1) is 11.1 Å². The van der Waals surface area contributed by atoms with Gasteiger partial charge in [-0.3, -0.25) is 19.7 Å². The highest BCUT2D eigenvalue weighted by molar-refractivity contribution is 6.31. The summed E-state index contributed by atoms with van der Waals surface area (Å²) in [7, 11) is 0. The highest BCUT2D eigenvalue weighted by Gasteiger charge is 2.10. The average Bonchev–Trinajstić information content (AvgIpc) is 2.98. The number of carbonyl (C=O) groups is 3. The Morgan fingerprint density at radius 1 is 0.810 bits per heavy atom. The van der Waals surface area contributed by atoms with Crippen LogP contribution in [0.25, 0.3) is 6.08 Å². The van der Waals surface area contributed by atoms with E-state index in [9.17, 15) is 24.5 Å². The summed E-state index contributed by atoms with van der Waals surface area (Å²) in [4.78, 5) is 47.5. The molecule has 0 aliphatic carbocycles. The summed E-state index contributed by atoms with van der Waals surface area (Å²) in [5, 5.41) is 18.3. The number of anilines is 1. The minimum atomic E-state index is -0.711. The summed E-state index contributed by atoms with van der Waals surface area (Å²) in [6.45, 7) is 0. The zero-order chi connectivity index (χ0) is 30.1. The maximum atomic E-state index is 12.5. The van der Waals surface area contributed by atoms with E-state index in [0.29, 0.717) is 32.4 Å². The molecular formula is C30H20Cl2N4O6. The molecule has 0 aliphatic heterocycles. The van der Waals surface area contributed by atoms with Crippen LogP contribution in [0.3, 0.4) is 0 Å². The van der Waals surface area contributed by atoms with Crippen molar-refractivity contribution in [3.05, 3.63) is 139 Å². The van der Waals surface area contributed by atoms with Gasteiger partial charge in [0.25, 0.3) is 17.5 Å². The molecule has 210 valence electrons. The number of nitro benzene ring substituents is 1. The molecule has 0 saturated carbocycles. The maximum Gasteiger partial charge on any atom is 0.336 e. The molecule has 0 radical (unpaired) electrons. The molecule has 42 heavy (non-hydrogen) atoms. The van der Waals surface area contributed by atoms with Crippen molar-refractivity contribution in [3.8, 4) is 5.75 Å². The molecule has 0 unspecified atom stereocenters. The Kier molecular flexibility index (Phi) is 9.77. The summed E-state index contributed by atoms with van der Waals surface area (Å²) in [5.74, 6) is -1.42. The number of nitrogens with one attached hydrogen (secondary N) is 2. The highest BCUT2D eigenvalue weighted by Crippen LogP contribution is 2.22. The summed E-state index contributed by atoms with van der Waals surface area (Å²) < 4.78 is 5.37. The molecule has 0 spiro atoms. The number of nitro groups is 1. The van der Waals surface area contributed by atoms with Gasteiger partial charge in [-0.2, -0.15) is 5.10 Å². The number of amides is 2. The van der Waals surface area contributed by atoms with Gasteiger partial charge in [0.2, 0.25) is 0 Å². The van der Waals surface area contributed by atoms with Gasteiger partial charge >= 0.3 is 5.97 Å². The molecule has 4 aromatic carbocycles. The van der Waals surface area contributed by atoms with Crippen molar-refractivity contribution in [2.75, 3.05) is 5.32 Å². The topological polar surface area (TPSA) is 140 Å². The number of hydrogen-bond donors (Lipinski definition) is 2. The number of halogens is 2. The third-order valence-electron chi connectivity index (χ3n) is 5.58. The first kappa shape index (κ1) is 29.7. The molecule has 0 fully saturated rings. The van der Waals surface area contributed by atoms with E-state index in [1.807, 2.05) is 0 Å². The Morgan fingerprint density at radius 2 is 1.43 bits per heavy atom. The van der Waals surface area contributed by atoms with Crippen LogP contribution in [0, 0.1) is 10.1 Å². The highest BCUT2D eigenvalue weighted by atomic mass is 35.5. The quantitative estimate of drug-likeness (QED) is 0.0556. The molecule has 12 heteroatoms. The third kappa shape index (κ3) is 8.34. The van der Waals surface area contributed by atoms with E-state index in [-0.39, 0.29) is 22.9 Å². The van der Waals surface area contributed by atoms with Crippen molar-refractivity contribution in [1.29, 1.82) is 0 Å². The lowest BCUT2D eigenvalue weighted by molar-refractivity contribution is -0.384. The second-order valence-corrected chi connectivity index (χ2v) is 9.40. The van der Waals surface area contributed by atoms with Gasteiger partial charge in [-0.1, -0.05) is 23.2 Å². The Labute approximate surface area is 249 Å². The Morgan fingerprint density at radius 3 is 2.10 bits per heavy atom. The predicted octanol–water partition coefficient (Wildman–Crippen LogP) is 6.54. The van der Waals surface area contributed by atoms with Crippen LogP contribution in [0.2, 0.25) is 10.0 Å². The summed E-state index contributed by atoms with van der Waals surface area (Å²) in [5.41, 5.74) is 4.41. The minimum absolute atomic E-state index is 0.0670. The van der Waals surface area contributed by atoms with Gasteiger partial charge in [0.1, 0.15) is 5.75 Å². The standard InChI is InChI=1S/C30H20Cl2N4O6/c31-23-8-4-20(5-9-23)29(38)34-25-11-6-21(7-12-25)30(39)35-33-18-22-17-24(32)10-15-27(22)42-28(37)16-3-19-1-13-26(14-2-19)36(40)41/h1-18H,(H,34,38)(H,35,39)/b16-3+,33-18+. The van der Waals surface area contributed by atoms with E-state index >= 15 is 0 Å². The van der Waals surface area contributed by atoms with Crippen LogP contribution in [0.5, 0.6) is 5.75 Å². The summed E-state index contributed by atoms with van der Waals surface area (Å²) in [6.07, 6.45) is 3.89. The first-order valence-electron chi connectivity index (χ1n) is 12.1. The second-order valence-electron chi connectivity index (χ2n) is 8.52. The van der Waals surface area contributed by atoms with Gasteiger partial charge in [-0.25, -0.2) is 10.2 Å². The van der Waals surface area contributed by atoms with Gasteiger partial charge < -0.3 is 10.1 Å². The Balaban J connectivity index is 1.35. The normalized spacial score (nSPS) is 10.9. The summed E-state index contributed by atoms with van der Waals surface area (Å²) >= 11 is 11.9. The van der Waals surface area contributed by atoms with Gasteiger partial charge in [0.15, 0.2) is 0 Å². The Bertz CT molecular complexity index is 1690. The van der Waals surface area contributed by atoms with E-state index < -0.39 is 16.8 Å². The van der Waals surface area contributed by atoms with Crippen LogP contribution in [0.4, 0.5) is 11.4 Å². The molecule has 10 nitrogen and oxygen atoms in total. The number of non-ortho nitro benzene ring substituents is 1. The van der Waals surface area contributed by atoms with Crippen LogP contribution in [-0.2, 0) is 4.79 Å². The number of rotatable bonds is 9. The molecule has 0 aliphatic rings. The average molecular weight is 603 g/mol. The SMILES string of the molecule is O=C(/C=C/c1ccc([N+](=O)[O-])cc1)Oc1ccc(Cl)cc1/C=N/NC(=O)c1ccc(NC(=O)c2ccc(Cl)cc2)cc1. The zero-order valence-corrected chi connectivity index (χ0v) is 23.0. The maximum absolute atomic E-state index is 12.5. The molecule has 2 amide bonds. The van der Waals surface area contributed by atoms with Crippen molar-refractivity contribution >= 4 is 64.7 Å². The largest absolute Gasteiger partial charge is 0.423 e. The molecule has 0 heterocycles. The fourth-order valence-corrected chi connectivity index (χ4v) is 3.77. The van der Waals surface area contributed by atoms with Crippen LogP contribution in [0.1, 0.15) is 31.8 Å². The second kappa shape index (κ2) is 13.8. The lowest BCUT2D eigenvalue weighted by atomic mass is 10.1. The number of ether oxygens (including phenoxy) is 1.